The van der Waals surface area contributed by atoms with Gasteiger partial charge in [-0.25, -0.2) is 4.98 Å². The summed E-state index contributed by atoms with van der Waals surface area (Å²) in [6.45, 7) is 4.35. The van der Waals surface area contributed by atoms with E-state index in [1.807, 2.05) is 13.8 Å². The second kappa shape index (κ2) is 5.84. The van der Waals surface area contributed by atoms with Crippen molar-refractivity contribution in [2.75, 3.05) is 13.2 Å². The summed E-state index contributed by atoms with van der Waals surface area (Å²) in [6.07, 6.45) is 4.35. The van der Waals surface area contributed by atoms with E-state index in [4.69, 9.17) is 9.84 Å². The van der Waals surface area contributed by atoms with Crippen LogP contribution in [-0.2, 0) is 16.8 Å². The van der Waals surface area contributed by atoms with E-state index in [9.17, 15) is 4.79 Å². The second-order valence-electron chi connectivity index (χ2n) is 5.09. The second-order valence-corrected chi connectivity index (χ2v) is 5.09. The Morgan fingerprint density at radius 2 is 2.11 bits per heavy atom. The molecule has 0 unspecified atom stereocenters. The SMILES string of the molecule is CCOC1(c2nc(C)c(CCO)c(=O)[nH]2)CCCC1. The first kappa shape index (κ1) is 14.2. The highest BCUT2D eigenvalue weighted by atomic mass is 16.5. The van der Waals surface area contributed by atoms with Crippen LogP contribution in [0.15, 0.2) is 4.79 Å². The predicted molar refractivity (Wildman–Crippen MR) is 72.2 cm³/mol. The molecule has 1 aromatic rings. The fourth-order valence-electron chi connectivity index (χ4n) is 2.90. The van der Waals surface area contributed by atoms with Crippen molar-refractivity contribution in [3.8, 4) is 0 Å². The van der Waals surface area contributed by atoms with Crippen LogP contribution in [0.5, 0.6) is 0 Å². The first-order chi connectivity index (χ1) is 9.13. The van der Waals surface area contributed by atoms with Crippen LogP contribution in [-0.4, -0.2) is 28.3 Å². The summed E-state index contributed by atoms with van der Waals surface area (Å²) in [7, 11) is 0. The molecule has 0 amide bonds. The zero-order valence-electron chi connectivity index (χ0n) is 11.7. The molecule has 1 fully saturated rings. The number of aromatic nitrogens is 2. The lowest BCUT2D eigenvalue weighted by atomic mass is 10.00. The molecular formula is C14H22N2O3. The first-order valence-electron chi connectivity index (χ1n) is 6.98. The van der Waals surface area contributed by atoms with Gasteiger partial charge in [0, 0.05) is 30.9 Å². The summed E-state index contributed by atoms with van der Waals surface area (Å²) in [4.78, 5) is 19.5. The quantitative estimate of drug-likeness (QED) is 0.845. The Hall–Kier alpha value is -1.20. The number of nitrogens with zero attached hydrogens (tertiary/aromatic N) is 1. The Morgan fingerprint density at radius 3 is 2.63 bits per heavy atom. The molecule has 1 aliphatic carbocycles. The van der Waals surface area contributed by atoms with E-state index < -0.39 is 5.60 Å². The van der Waals surface area contributed by atoms with Crippen LogP contribution >= 0.6 is 0 Å². The normalized spacial score (nSPS) is 17.8. The van der Waals surface area contributed by atoms with Crippen molar-refractivity contribution >= 4 is 0 Å². The highest BCUT2D eigenvalue weighted by Gasteiger charge is 2.39. The highest BCUT2D eigenvalue weighted by Crippen LogP contribution is 2.40. The Kier molecular flexibility index (Phi) is 4.37. The molecule has 1 aromatic heterocycles. The van der Waals surface area contributed by atoms with Gasteiger partial charge >= 0.3 is 0 Å². The number of aliphatic hydroxyl groups excluding tert-OH is 1. The Balaban J connectivity index is 2.42. The van der Waals surface area contributed by atoms with Crippen molar-refractivity contribution in [2.24, 2.45) is 0 Å². The zero-order chi connectivity index (χ0) is 13.9. The van der Waals surface area contributed by atoms with Gasteiger partial charge in [0.2, 0.25) is 0 Å². The van der Waals surface area contributed by atoms with Crippen LogP contribution in [0.3, 0.4) is 0 Å². The van der Waals surface area contributed by atoms with Gasteiger partial charge in [0.15, 0.2) is 0 Å². The van der Waals surface area contributed by atoms with E-state index in [1.54, 1.807) is 0 Å². The third kappa shape index (κ3) is 2.72. The fourth-order valence-corrected chi connectivity index (χ4v) is 2.90. The summed E-state index contributed by atoms with van der Waals surface area (Å²) >= 11 is 0. The van der Waals surface area contributed by atoms with Gasteiger partial charge in [0.25, 0.3) is 5.56 Å². The van der Waals surface area contributed by atoms with Crippen molar-refractivity contribution in [1.29, 1.82) is 0 Å². The zero-order valence-corrected chi connectivity index (χ0v) is 11.7. The van der Waals surface area contributed by atoms with Gasteiger partial charge in [0.05, 0.1) is 0 Å². The van der Waals surface area contributed by atoms with Gasteiger partial charge in [0.1, 0.15) is 11.4 Å². The Morgan fingerprint density at radius 1 is 1.42 bits per heavy atom. The molecule has 5 heteroatoms. The van der Waals surface area contributed by atoms with Crippen LogP contribution in [0.1, 0.15) is 49.7 Å². The maximum Gasteiger partial charge on any atom is 0.254 e. The number of aliphatic hydroxyl groups is 1. The van der Waals surface area contributed by atoms with Gasteiger partial charge in [-0.15, -0.1) is 0 Å². The minimum Gasteiger partial charge on any atom is -0.396 e. The maximum absolute atomic E-state index is 12.1. The number of nitrogens with one attached hydrogen (secondary N) is 1. The molecule has 106 valence electrons. The summed E-state index contributed by atoms with van der Waals surface area (Å²) in [5.74, 6) is 0.649. The number of hydrogen-bond donors (Lipinski definition) is 2. The monoisotopic (exact) mass is 266 g/mol. The number of aryl methyl sites for hydroxylation is 1. The molecule has 2 rings (SSSR count). The average molecular weight is 266 g/mol. The maximum atomic E-state index is 12.1. The van der Waals surface area contributed by atoms with Gasteiger partial charge in [-0.2, -0.15) is 0 Å². The van der Waals surface area contributed by atoms with Crippen molar-refractivity contribution in [3.05, 3.63) is 27.4 Å². The largest absolute Gasteiger partial charge is 0.396 e. The van der Waals surface area contributed by atoms with E-state index in [0.717, 1.165) is 25.7 Å². The number of rotatable bonds is 5. The standard InChI is InChI=1S/C14H22N2O3/c1-3-19-14(7-4-5-8-14)13-15-10(2)11(6-9-17)12(18)16-13/h17H,3-9H2,1-2H3,(H,15,16,18). The molecule has 19 heavy (non-hydrogen) atoms. The van der Waals surface area contributed by atoms with Crippen LogP contribution in [0, 0.1) is 6.92 Å². The van der Waals surface area contributed by atoms with Crippen molar-refractivity contribution in [1.82, 2.24) is 9.97 Å². The van der Waals surface area contributed by atoms with Gasteiger partial charge < -0.3 is 14.8 Å². The van der Waals surface area contributed by atoms with Gasteiger partial charge in [-0.1, -0.05) is 0 Å². The molecule has 1 heterocycles. The molecule has 0 bridgehead atoms. The molecule has 2 N–H and O–H groups in total. The summed E-state index contributed by atoms with van der Waals surface area (Å²) in [5, 5.41) is 8.98. The van der Waals surface area contributed by atoms with Crippen molar-refractivity contribution in [3.63, 3.8) is 0 Å². The van der Waals surface area contributed by atoms with Crippen molar-refractivity contribution in [2.45, 2.75) is 51.6 Å². The van der Waals surface area contributed by atoms with Gasteiger partial charge in [-0.3, -0.25) is 4.79 Å². The fraction of sp³-hybridized carbons (Fsp3) is 0.714. The number of aromatic amines is 1. The third-order valence-electron chi connectivity index (χ3n) is 3.85. The minimum absolute atomic E-state index is 0.0401. The first-order valence-corrected chi connectivity index (χ1v) is 6.98. The molecule has 1 saturated carbocycles. The van der Waals surface area contributed by atoms with E-state index in [1.165, 1.54) is 0 Å². The average Bonchev–Trinajstić information content (AvgIpc) is 2.84. The van der Waals surface area contributed by atoms with E-state index in [0.29, 0.717) is 30.1 Å². The lowest BCUT2D eigenvalue weighted by molar-refractivity contribution is -0.0460. The lowest BCUT2D eigenvalue weighted by Gasteiger charge is -2.28. The number of ether oxygens (including phenoxy) is 1. The molecule has 0 atom stereocenters. The van der Waals surface area contributed by atoms with Crippen LogP contribution in [0.2, 0.25) is 0 Å². The topological polar surface area (TPSA) is 75.2 Å². The highest BCUT2D eigenvalue weighted by molar-refractivity contribution is 5.19. The number of H-pyrrole nitrogens is 1. The summed E-state index contributed by atoms with van der Waals surface area (Å²) < 4.78 is 5.90. The van der Waals surface area contributed by atoms with Gasteiger partial charge in [-0.05, 0) is 39.5 Å². The number of hydrogen-bond acceptors (Lipinski definition) is 4. The molecule has 0 spiro atoms. The molecule has 0 radical (unpaired) electrons. The summed E-state index contributed by atoms with van der Waals surface area (Å²) in [5.41, 5.74) is 0.688. The molecule has 0 aromatic carbocycles. The van der Waals surface area contributed by atoms with E-state index in [-0.39, 0.29) is 12.2 Å². The predicted octanol–water partition coefficient (Wildman–Crippen LogP) is 1.42. The molecular weight excluding hydrogens is 244 g/mol. The minimum atomic E-state index is -0.420. The summed E-state index contributed by atoms with van der Waals surface area (Å²) in [6, 6.07) is 0. The Bertz CT molecular complexity index is 490. The van der Waals surface area contributed by atoms with E-state index >= 15 is 0 Å². The van der Waals surface area contributed by atoms with Crippen LogP contribution < -0.4 is 5.56 Å². The third-order valence-corrected chi connectivity index (χ3v) is 3.85. The molecule has 1 aliphatic rings. The van der Waals surface area contributed by atoms with Crippen LogP contribution in [0.4, 0.5) is 0 Å². The molecule has 0 aliphatic heterocycles. The smallest absolute Gasteiger partial charge is 0.254 e. The van der Waals surface area contributed by atoms with Crippen molar-refractivity contribution < 1.29 is 9.84 Å². The molecule has 5 nitrogen and oxygen atoms in total. The Labute approximate surface area is 113 Å². The lowest BCUT2D eigenvalue weighted by Crippen LogP contribution is -2.33. The van der Waals surface area contributed by atoms with E-state index in [2.05, 4.69) is 9.97 Å². The molecule has 0 saturated heterocycles. The van der Waals surface area contributed by atoms with Crippen LogP contribution in [0.25, 0.3) is 0 Å².